The van der Waals surface area contributed by atoms with Crippen LogP contribution < -0.4 is 19.8 Å². The summed E-state index contributed by atoms with van der Waals surface area (Å²) in [5, 5.41) is 2.51. The lowest BCUT2D eigenvalue weighted by molar-refractivity contribution is -0.137. The van der Waals surface area contributed by atoms with Crippen LogP contribution in [0.4, 0.5) is 24.5 Å². The number of alkyl halides is 3. The summed E-state index contributed by atoms with van der Waals surface area (Å²) >= 11 is 17.2. The Hall–Kier alpha value is -3.30. The first-order valence-corrected chi connectivity index (χ1v) is 16.2. The smallest absolute Gasteiger partial charge is 0.416 e. The molecule has 6 rings (SSSR count). The molecule has 4 aromatic rings. The predicted molar refractivity (Wildman–Crippen MR) is 169 cm³/mol. The summed E-state index contributed by atoms with van der Waals surface area (Å²) in [6.45, 7) is -0.454. The van der Waals surface area contributed by atoms with Crippen LogP contribution in [-0.2, 0) is 20.6 Å². The maximum absolute atomic E-state index is 14.0. The molecule has 2 aliphatic rings. The lowest BCUT2D eigenvalue weighted by atomic mass is 9.82. The van der Waals surface area contributed by atoms with Crippen molar-refractivity contribution in [3.05, 3.63) is 101 Å². The summed E-state index contributed by atoms with van der Waals surface area (Å²) in [7, 11) is 0. The summed E-state index contributed by atoms with van der Waals surface area (Å²) in [6, 6.07) is 13.4. The van der Waals surface area contributed by atoms with Crippen molar-refractivity contribution in [3.63, 3.8) is 0 Å². The number of thioether (sulfide) groups is 1. The molecule has 45 heavy (non-hydrogen) atoms. The zero-order chi connectivity index (χ0) is 32.2. The summed E-state index contributed by atoms with van der Waals surface area (Å²) in [6.07, 6.45) is -4.69. The monoisotopic (exact) mass is 757 g/mol. The Labute approximate surface area is 279 Å². The first-order chi connectivity index (χ1) is 21.3. The van der Waals surface area contributed by atoms with E-state index in [-0.39, 0.29) is 16.5 Å². The number of benzene rings is 3. The Kier molecular flexibility index (Phi) is 8.54. The number of aromatic nitrogens is 1. The second kappa shape index (κ2) is 12.1. The van der Waals surface area contributed by atoms with E-state index >= 15 is 0 Å². The van der Waals surface area contributed by atoms with Crippen molar-refractivity contribution in [3.8, 4) is 5.75 Å². The van der Waals surface area contributed by atoms with Gasteiger partial charge in [-0.2, -0.15) is 13.2 Å². The number of ether oxygens (including phenoxy) is 1. The molecular formula is C29H17BrCl2F3N3O5S2. The first-order valence-electron chi connectivity index (χ1n) is 12.9. The summed E-state index contributed by atoms with van der Waals surface area (Å²) in [5.74, 6) is -3.78. The van der Waals surface area contributed by atoms with Crippen LogP contribution in [0.2, 0.25) is 10.0 Å². The molecule has 232 valence electrons. The van der Waals surface area contributed by atoms with Gasteiger partial charge in [-0.25, -0.2) is 4.90 Å². The fourth-order valence-electron chi connectivity index (χ4n) is 5.24. The minimum absolute atomic E-state index is 0.197. The van der Waals surface area contributed by atoms with E-state index in [9.17, 15) is 32.3 Å². The van der Waals surface area contributed by atoms with Crippen LogP contribution in [0.25, 0.3) is 0 Å². The van der Waals surface area contributed by atoms with Crippen LogP contribution in [0.15, 0.2) is 75.0 Å². The van der Waals surface area contributed by atoms with E-state index in [2.05, 4.69) is 26.2 Å². The summed E-state index contributed by atoms with van der Waals surface area (Å²) in [5.41, 5.74) is -0.446. The number of carbonyl (C=O) groups excluding carboxylic acids is 3. The number of rotatable bonds is 6. The van der Waals surface area contributed by atoms with Crippen molar-refractivity contribution in [2.75, 3.05) is 16.8 Å². The van der Waals surface area contributed by atoms with Gasteiger partial charge in [-0.3, -0.25) is 19.2 Å². The predicted octanol–water partition coefficient (Wildman–Crippen LogP) is 7.34. The summed E-state index contributed by atoms with van der Waals surface area (Å²) < 4.78 is 47.0. The molecule has 3 aromatic carbocycles. The second-order valence-corrected chi connectivity index (χ2v) is 13.9. The quantitative estimate of drug-likeness (QED) is 0.200. The van der Waals surface area contributed by atoms with Crippen LogP contribution in [0.1, 0.15) is 21.9 Å². The molecule has 1 fully saturated rings. The van der Waals surface area contributed by atoms with Gasteiger partial charge in [0.15, 0.2) is 6.61 Å². The van der Waals surface area contributed by atoms with E-state index in [1.807, 2.05) is 0 Å². The van der Waals surface area contributed by atoms with E-state index in [4.69, 9.17) is 27.9 Å². The SMILES string of the molecule is O=C(COc1ccc(Br)cc1[C@H]1c2sc(=O)[nH]c2SC2C(=O)N(c3cccc(C(F)(F)F)c3)C(=O)C21)Nc1ccc(Cl)c(Cl)c1. The number of aromatic amines is 1. The van der Waals surface area contributed by atoms with Gasteiger partial charge in [-0.05, 0) is 54.6 Å². The van der Waals surface area contributed by atoms with Crippen molar-refractivity contribution in [2.24, 2.45) is 5.92 Å². The molecule has 1 saturated heterocycles. The Morgan fingerprint density at radius 1 is 1.02 bits per heavy atom. The largest absolute Gasteiger partial charge is 0.483 e. The minimum Gasteiger partial charge on any atom is -0.483 e. The number of nitrogens with zero attached hydrogens (tertiary/aromatic N) is 1. The van der Waals surface area contributed by atoms with Gasteiger partial charge in [-0.15, -0.1) is 0 Å². The maximum atomic E-state index is 14.0. The van der Waals surface area contributed by atoms with Gasteiger partial charge < -0.3 is 15.0 Å². The fourth-order valence-corrected chi connectivity index (χ4v) is 8.42. The molecule has 2 unspecified atom stereocenters. The lowest BCUT2D eigenvalue weighted by Crippen LogP contribution is -2.32. The average molecular weight is 759 g/mol. The molecule has 0 saturated carbocycles. The highest BCUT2D eigenvalue weighted by atomic mass is 79.9. The van der Waals surface area contributed by atoms with Crippen molar-refractivity contribution in [2.45, 2.75) is 22.4 Å². The molecule has 3 atom stereocenters. The van der Waals surface area contributed by atoms with E-state index in [0.717, 1.165) is 46.2 Å². The third-order valence-corrected chi connectivity index (χ3v) is 10.8. The van der Waals surface area contributed by atoms with Crippen LogP contribution in [-0.4, -0.2) is 34.6 Å². The van der Waals surface area contributed by atoms with Crippen LogP contribution in [0.5, 0.6) is 5.75 Å². The standard InChI is InChI=1S/C29H17BrCl2F3N3O5S2/c30-13-4-7-19(43-11-20(39)36-14-5-6-17(31)18(32)10-14)16(9-13)21-22-24(44-25-23(21)45-28(42)37-25)27(41)38(26(22)40)15-3-1-2-12(8-15)29(33,34)35/h1-10,21-22,24H,11H2,(H,36,39)(H,37,42)/t21-,22?,24?/m1/s1. The lowest BCUT2D eigenvalue weighted by Gasteiger charge is -2.31. The van der Waals surface area contributed by atoms with Crippen molar-refractivity contribution < 1.29 is 32.3 Å². The highest BCUT2D eigenvalue weighted by molar-refractivity contribution is 9.10. The van der Waals surface area contributed by atoms with Crippen molar-refractivity contribution >= 4 is 91.3 Å². The zero-order valence-electron chi connectivity index (χ0n) is 22.3. The first kappa shape index (κ1) is 31.7. The molecule has 0 spiro atoms. The maximum Gasteiger partial charge on any atom is 0.416 e. The third-order valence-electron chi connectivity index (χ3n) is 7.12. The molecule has 8 nitrogen and oxygen atoms in total. The number of amides is 3. The average Bonchev–Trinajstić information content (AvgIpc) is 3.47. The van der Waals surface area contributed by atoms with Gasteiger partial charge in [0.25, 0.3) is 5.91 Å². The fraction of sp³-hybridized carbons (Fsp3) is 0.172. The van der Waals surface area contributed by atoms with Gasteiger partial charge in [0.2, 0.25) is 11.8 Å². The van der Waals surface area contributed by atoms with E-state index in [1.54, 1.807) is 24.3 Å². The highest BCUT2D eigenvalue weighted by Crippen LogP contribution is 2.55. The Bertz CT molecular complexity index is 1940. The molecule has 2 N–H and O–H groups in total. The van der Waals surface area contributed by atoms with Crippen LogP contribution >= 0.6 is 62.2 Å². The molecule has 0 aliphatic carbocycles. The molecule has 3 amide bonds. The zero-order valence-corrected chi connectivity index (χ0v) is 27.0. The van der Waals surface area contributed by atoms with E-state index in [1.165, 1.54) is 18.2 Å². The molecule has 0 radical (unpaired) electrons. The number of hydrogen-bond donors (Lipinski definition) is 2. The van der Waals surface area contributed by atoms with Crippen molar-refractivity contribution in [1.29, 1.82) is 0 Å². The van der Waals surface area contributed by atoms with Crippen LogP contribution in [0.3, 0.4) is 0 Å². The molecule has 0 bridgehead atoms. The number of imide groups is 1. The van der Waals surface area contributed by atoms with Gasteiger partial charge in [0.1, 0.15) is 11.0 Å². The van der Waals surface area contributed by atoms with Gasteiger partial charge in [-0.1, -0.05) is 68.3 Å². The molecule has 1 aromatic heterocycles. The third kappa shape index (κ3) is 6.13. The van der Waals surface area contributed by atoms with Gasteiger partial charge >= 0.3 is 11.0 Å². The minimum atomic E-state index is -4.69. The van der Waals surface area contributed by atoms with Gasteiger partial charge in [0, 0.05) is 26.5 Å². The molecule has 3 heterocycles. The normalized spacial score (nSPS) is 19.3. The number of nitrogens with one attached hydrogen (secondary N) is 2. The number of fused-ring (bicyclic) bond motifs is 2. The van der Waals surface area contributed by atoms with E-state index < -0.39 is 58.0 Å². The number of anilines is 2. The number of thiazole rings is 1. The number of halogens is 6. The van der Waals surface area contributed by atoms with Gasteiger partial charge in [0.05, 0.1) is 32.2 Å². The van der Waals surface area contributed by atoms with E-state index in [0.29, 0.717) is 30.6 Å². The number of hydrogen-bond acceptors (Lipinski definition) is 7. The van der Waals surface area contributed by atoms with Crippen LogP contribution in [0, 0.1) is 5.92 Å². The molecule has 16 heteroatoms. The van der Waals surface area contributed by atoms with Crippen molar-refractivity contribution in [1.82, 2.24) is 4.98 Å². The topological polar surface area (TPSA) is 109 Å². The Morgan fingerprint density at radius 3 is 2.53 bits per heavy atom. The highest BCUT2D eigenvalue weighted by Gasteiger charge is 2.57. The second-order valence-electron chi connectivity index (χ2n) is 9.96. The molecular weight excluding hydrogens is 742 g/mol. The number of H-pyrrole nitrogens is 1. The Balaban J connectivity index is 1.36. The summed E-state index contributed by atoms with van der Waals surface area (Å²) in [4.78, 5) is 56.5. The Morgan fingerprint density at radius 2 is 1.80 bits per heavy atom. The molecule has 2 aliphatic heterocycles. The number of carbonyl (C=O) groups is 3.